The van der Waals surface area contributed by atoms with Crippen molar-refractivity contribution >= 4 is 28.2 Å². The lowest BCUT2D eigenvalue weighted by atomic mass is 9.89. The largest absolute Gasteiger partial charge is 0.326 e. The van der Waals surface area contributed by atoms with Crippen molar-refractivity contribution in [1.82, 2.24) is 9.47 Å². The smallest absolute Gasteiger partial charge is 0.226 e. The Labute approximate surface area is 208 Å². The van der Waals surface area contributed by atoms with Crippen molar-refractivity contribution in [1.29, 1.82) is 0 Å². The molecule has 2 heterocycles. The predicted octanol–water partition coefficient (Wildman–Crippen LogP) is 6.97. The fourth-order valence-corrected chi connectivity index (χ4v) is 5.14. The van der Waals surface area contributed by atoms with Crippen molar-refractivity contribution in [3.8, 4) is 0 Å². The van der Waals surface area contributed by atoms with Crippen LogP contribution >= 0.6 is 0 Å². The van der Waals surface area contributed by atoms with E-state index in [-0.39, 0.29) is 11.8 Å². The standard InChI is InChI=1S/C31H35N3O/c1-23(2)31(35)32-27-11-9-10-25(20-27)24-16-18-33(19-17-24)21-26-22-34(28-12-5-3-4-6-13-28)30-15-8-7-14-29(26)30/h3,5-15,20,22-24H,4,16-19,21H2,1-2H3,(H,32,35). The van der Waals surface area contributed by atoms with Crippen LogP contribution in [0.15, 0.2) is 85.1 Å². The first kappa shape index (κ1) is 23.4. The van der Waals surface area contributed by atoms with Gasteiger partial charge in [0.1, 0.15) is 0 Å². The lowest BCUT2D eigenvalue weighted by Crippen LogP contribution is -2.32. The van der Waals surface area contributed by atoms with Gasteiger partial charge in [-0.2, -0.15) is 0 Å². The molecule has 5 rings (SSSR count). The van der Waals surface area contributed by atoms with Gasteiger partial charge in [-0.15, -0.1) is 0 Å². The third-order valence-corrected chi connectivity index (χ3v) is 7.17. The predicted molar refractivity (Wildman–Crippen MR) is 146 cm³/mol. The molecule has 1 N–H and O–H groups in total. The maximum Gasteiger partial charge on any atom is 0.226 e. The number of benzene rings is 2. The van der Waals surface area contributed by atoms with Gasteiger partial charge in [-0.3, -0.25) is 9.69 Å². The lowest BCUT2D eigenvalue weighted by Gasteiger charge is -2.32. The normalized spacial score (nSPS) is 17.1. The molecule has 0 unspecified atom stereocenters. The van der Waals surface area contributed by atoms with Gasteiger partial charge in [0.15, 0.2) is 0 Å². The van der Waals surface area contributed by atoms with Gasteiger partial charge in [-0.25, -0.2) is 0 Å². The number of allylic oxidation sites excluding steroid dienone is 6. The summed E-state index contributed by atoms with van der Waals surface area (Å²) in [5.74, 6) is 0.595. The van der Waals surface area contributed by atoms with E-state index in [0.717, 1.165) is 44.6 Å². The maximum absolute atomic E-state index is 12.1. The first-order valence-electron chi connectivity index (χ1n) is 12.8. The number of nitrogens with zero attached hydrogens (tertiary/aromatic N) is 2. The van der Waals surface area contributed by atoms with Gasteiger partial charge >= 0.3 is 0 Å². The summed E-state index contributed by atoms with van der Waals surface area (Å²) in [6.07, 6.45) is 16.6. The number of carbonyl (C=O) groups is 1. The van der Waals surface area contributed by atoms with Gasteiger partial charge in [0.25, 0.3) is 0 Å². The molecular weight excluding hydrogens is 430 g/mol. The summed E-state index contributed by atoms with van der Waals surface area (Å²) in [5.41, 5.74) is 6.12. The topological polar surface area (TPSA) is 37.3 Å². The number of para-hydroxylation sites is 1. The number of piperidine rings is 1. The SMILES string of the molecule is CC(C)C(=O)Nc1cccc(C2CCN(Cc3cn(C4=CC=CCC=C4)c4ccccc34)CC2)c1. The van der Waals surface area contributed by atoms with Gasteiger partial charge < -0.3 is 9.88 Å². The zero-order valence-corrected chi connectivity index (χ0v) is 20.8. The van der Waals surface area contributed by atoms with Gasteiger partial charge in [-0.05, 0) is 79.7 Å². The Hall–Kier alpha value is -3.37. The van der Waals surface area contributed by atoms with Crippen LogP contribution in [0, 0.1) is 5.92 Å². The van der Waals surface area contributed by atoms with Crippen LogP contribution in [0.1, 0.15) is 50.2 Å². The summed E-state index contributed by atoms with van der Waals surface area (Å²) < 4.78 is 2.33. The molecule has 35 heavy (non-hydrogen) atoms. The molecule has 0 saturated carbocycles. The third-order valence-electron chi connectivity index (χ3n) is 7.17. The minimum absolute atomic E-state index is 0.0147. The molecule has 1 aromatic heterocycles. The number of rotatable bonds is 6. The lowest BCUT2D eigenvalue weighted by molar-refractivity contribution is -0.118. The molecule has 4 nitrogen and oxygen atoms in total. The molecule has 4 heteroatoms. The molecule has 2 aliphatic rings. The summed E-state index contributed by atoms with van der Waals surface area (Å²) in [7, 11) is 0. The van der Waals surface area contributed by atoms with Crippen molar-refractivity contribution in [2.75, 3.05) is 18.4 Å². The Bertz CT molecular complexity index is 1290. The number of nitrogens with one attached hydrogen (secondary N) is 1. The van der Waals surface area contributed by atoms with Crippen LogP contribution in [0.2, 0.25) is 0 Å². The monoisotopic (exact) mass is 465 g/mol. The summed E-state index contributed by atoms with van der Waals surface area (Å²) >= 11 is 0. The molecule has 0 atom stereocenters. The molecule has 1 aliphatic carbocycles. The summed E-state index contributed by atoms with van der Waals surface area (Å²) in [5, 5.41) is 4.39. The zero-order valence-electron chi connectivity index (χ0n) is 20.8. The number of carbonyl (C=O) groups excluding carboxylic acids is 1. The minimum atomic E-state index is -0.0147. The molecule has 1 saturated heterocycles. The Morgan fingerprint density at radius 3 is 2.71 bits per heavy atom. The molecule has 1 fully saturated rings. The van der Waals surface area contributed by atoms with Crippen LogP contribution in [-0.4, -0.2) is 28.5 Å². The zero-order chi connectivity index (χ0) is 24.2. The number of hydrogen-bond acceptors (Lipinski definition) is 2. The Kier molecular flexibility index (Phi) is 7.01. The van der Waals surface area contributed by atoms with Crippen LogP contribution in [0.4, 0.5) is 5.69 Å². The van der Waals surface area contributed by atoms with E-state index in [1.807, 2.05) is 19.9 Å². The van der Waals surface area contributed by atoms with Crippen molar-refractivity contribution in [3.05, 3.63) is 96.2 Å². The van der Waals surface area contributed by atoms with E-state index < -0.39 is 0 Å². The van der Waals surface area contributed by atoms with Crippen LogP contribution in [0.3, 0.4) is 0 Å². The number of aromatic nitrogens is 1. The van der Waals surface area contributed by atoms with Crippen LogP contribution in [-0.2, 0) is 11.3 Å². The van der Waals surface area contributed by atoms with E-state index >= 15 is 0 Å². The first-order valence-corrected chi connectivity index (χ1v) is 12.8. The molecular formula is C31H35N3O. The van der Waals surface area contributed by atoms with Crippen molar-refractivity contribution < 1.29 is 4.79 Å². The van der Waals surface area contributed by atoms with Crippen molar-refractivity contribution in [2.24, 2.45) is 5.92 Å². The number of fused-ring (bicyclic) bond motifs is 1. The molecule has 1 amide bonds. The summed E-state index contributed by atoms with van der Waals surface area (Å²) in [6, 6.07) is 17.2. The summed E-state index contributed by atoms with van der Waals surface area (Å²) in [6.45, 7) is 6.98. The fourth-order valence-electron chi connectivity index (χ4n) is 5.14. The molecule has 2 aromatic carbocycles. The molecule has 0 radical (unpaired) electrons. The van der Waals surface area contributed by atoms with Gasteiger partial charge in [0.2, 0.25) is 5.91 Å². The maximum atomic E-state index is 12.1. The van der Waals surface area contributed by atoms with E-state index in [1.165, 1.54) is 27.7 Å². The number of anilines is 1. The molecule has 3 aromatic rings. The highest BCUT2D eigenvalue weighted by Gasteiger charge is 2.22. The molecule has 180 valence electrons. The van der Waals surface area contributed by atoms with Crippen LogP contribution in [0.25, 0.3) is 16.6 Å². The fraction of sp³-hybridized carbons (Fsp3) is 0.323. The molecule has 0 bridgehead atoms. The number of amides is 1. The average molecular weight is 466 g/mol. The Morgan fingerprint density at radius 2 is 1.89 bits per heavy atom. The number of hydrogen-bond donors (Lipinski definition) is 1. The van der Waals surface area contributed by atoms with Crippen molar-refractivity contribution in [2.45, 2.75) is 45.6 Å². The van der Waals surface area contributed by atoms with Gasteiger partial charge in [0.05, 0.1) is 5.52 Å². The van der Waals surface area contributed by atoms with Crippen LogP contribution < -0.4 is 5.32 Å². The molecule has 1 aliphatic heterocycles. The van der Waals surface area contributed by atoms with Gasteiger partial charge in [-0.1, -0.05) is 62.4 Å². The van der Waals surface area contributed by atoms with Crippen LogP contribution in [0.5, 0.6) is 0 Å². The minimum Gasteiger partial charge on any atom is -0.326 e. The van der Waals surface area contributed by atoms with E-state index in [9.17, 15) is 4.79 Å². The van der Waals surface area contributed by atoms with Crippen molar-refractivity contribution in [3.63, 3.8) is 0 Å². The third kappa shape index (κ3) is 5.33. The average Bonchev–Trinajstić information content (AvgIpc) is 3.04. The van der Waals surface area contributed by atoms with E-state index in [2.05, 4.69) is 93.8 Å². The number of likely N-dealkylation sites (tertiary alicyclic amines) is 1. The molecule has 0 spiro atoms. The summed E-state index contributed by atoms with van der Waals surface area (Å²) in [4.78, 5) is 14.7. The second-order valence-corrected chi connectivity index (χ2v) is 10.0. The Balaban J connectivity index is 1.28. The quantitative estimate of drug-likeness (QED) is 0.427. The highest BCUT2D eigenvalue weighted by atomic mass is 16.1. The van der Waals surface area contributed by atoms with E-state index in [4.69, 9.17) is 0 Å². The first-order chi connectivity index (χ1) is 17.1. The highest BCUT2D eigenvalue weighted by molar-refractivity contribution is 5.92. The highest BCUT2D eigenvalue weighted by Crippen LogP contribution is 2.32. The Morgan fingerprint density at radius 1 is 1.06 bits per heavy atom. The second-order valence-electron chi connectivity index (χ2n) is 10.0. The van der Waals surface area contributed by atoms with E-state index in [1.54, 1.807) is 0 Å². The van der Waals surface area contributed by atoms with E-state index in [0.29, 0.717) is 5.92 Å². The second kappa shape index (κ2) is 10.5. The van der Waals surface area contributed by atoms with Gasteiger partial charge in [0, 0.05) is 35.4 Å².